The van der Waals surface area contributed by atoms with E-state index in [1.54, 1.807) is 11.0 Å². The Hall–Kier alpha value is -2.33. The van der Waals surface area contributed by atoms with Crippen molar-refractivity contribution in [1.29, 1.82) is 0 Å². The maximum atomic E-state index is 12.6. The van der Waals surface area contributed by atoms with Gasteiger partial charge in [0.2, 0.25) is 11.8 Å². The lowest BCUT2D eigenvalue weighted by Gasteiger charge is -2.20. The van der Waals surface area contributed by atoms with Crippen molar-refractivity contribution in [2.45, 2.75) is 27.2 Å². The number of hydrogen-bond donors (Lipinski definition) is 1. The molecule has 1 aliphatic rings. The van der Waals surface area contributed by atoms with Gasteiger partial charge in [-0.25, -0.2) is 0 Å². The summed E-state index contributed by atoms with van der Waals surface area (Å²) in [6.45, 7) is 6.24. The maximum Gasteiger partial charge on any atom is 0.229 e. The zero-order chi connectivity index (χ0) is 18.1. The van der Waals surface area contributed by atoms with Gasteiger partial charge in [-0.05, 0) is 55.7 Å². The number of hydrogen-bond acceptors (Lipinski definition) is 2. The minimum atomic E-state index is -0.370. The minimum absolute atomic E-state index is 0.0496. The average Bonchev–Trinajstić information content (AvgIpc) is 2.96. The van der Waals surface area contributed by atoms with E-state index in [-0.39, 0.29) is 24.2 Å². The van der Waals surface area contributed by atoms with Crippen LogP contribution in [0.2, 0.25) is 5.02 Å². The predicted molar refractivity (Wildman–Crippen MR) is 101 cm³/mol. The molecule has 1 aliphatic heterocycles. The van der Waals surface area contributed by atoms with Gasteiger partial charge in [0.15, 0.2) is 0 Å². The smallest absolute Gasteiger partial charge is 0.229 e. The summed E-state index contributed by atoms with van der Waals surface area (Å²) in [6.07, 6.45) is 0.211. The first-order valence-electron chi connectivity index (χ1n) is 8.31. The Balaban J connectivity index is 1.77. The Morgan fingerprint density at radius 1 is 1.12 bits per heavy atom. The van der Waals surface area contributed by atoms with E-state index < -0.39 is 0 Å². The van der Waals surface area contributed by atoms with Crippen molar-refractivity contribution >= 4 is 34.8 Å². The number of carbonyl (C=O) groups is 2. The lowest BCUT2D eigenvalue weighted by atomic mass is 10.1. The van der Waals surface area contributed by atoms with Crippen molar-refractivity contribution in [3.8, 4) is 0 Å². The van der Waals surface area contributed by atoms with E-state index in [1.165, 1.54) is 0 Å². The normalized spacial score (nSPS) is 17.0. The molecule has 4 nitrogen and oxygen atoms in total. The number of benzene rings is 2. The molecule has 130 valence electrons. The van der Waals surface area contributed by atoms with Gasteiger partial charge in [0.25, 0.3) is 0 Å². The van der Waals surface area contributed by atoms with Crippen LogP contribution in [0.5, 0.6) is 0 Å². The summed E-state index contributed by atoms with van der Waals surface area (Å²) in [5.74, 6) is -0.540. The first kappa shape index (κ1) is 17.5. The highest BCUT2D eigenvalue weighted by Gasteiger charge is 2.36. The molecule has 1 N–H and O–H groups in total. The monoisotopic (exact) mass is 356 g/mol. The Labute approximate surface area is 152 Å². The summed E-state index contributed by atoms with van der Waals surface area (Å²) in [5, 5.41) is 3.59. The molecule has 1 heterocycles. The Bertz CT molecular complexity index is 848. The van der Waals surface area contributed by atoms with Crippen molar-refractivity contribution in [3.05, 3.63) is 58.1 Å². The maximum absolute atomic E-state index is 12.6. The van der Waals surface area contributed by atoms with Gasteiger partial charge >= 0.3 is 0 Å². The molecular formula is C20H21ClN2O2. The second kappa shape index (κ2) is 6.89. The molecule has 1 fully saturated rings. The van der Waals surface area contributed by atoms with Crippen LogP contribution in [0.4, 0.5) is 11.4 Å². The number of rotatable bonds is 3. The Morgan fingerprint density at radius 2 is 1.84 bits per heavy atom. The Kier molecular flexibility index (Phi) is 4.82. The molecular weight excluding hydrogens is 336 g/mol. The zero-order valence-corrected chi connectivity index (χ0v) is 15.4. The van der Waals surface area contributed by atoms with Gasteiger partial charge in [0.05, 0.1) is 5.92 Å². The summed E-state index contributed by atoms with van der Waals surface area (Å²) in [4.78, 5) is 26.7. The van der Waals surface area contributed by atoms with Gasteiger partial charge in [-0.15, -0.1) is 0 Å². The predicted octanol–water partition coefficient (Wildman–Crippen LogP) is 4.26. The van der Waals surface area contributed by atoms with Crippen LogP contribution in [0.1, 0.15) is 23.1 Å². The van der Waals surface area contributed by atoms with Crippen molar-refractivity contribution in [3.63, 3.8) is 0 Å². The van der Waals surface area contributed by atoms with Crippen LogP contribution >= 0.6 is 11.6 Å². The molecule has 0 radical (unpaired) electrons. The second-order valence-electron chi connectivity index (χ2n) is 6.53. The van der Waals surface area contributed by atoms with Gasteiger partial charge in [-0.2, -0.15) is 0 Å². The van der Waals surface area contributed by atoms with E-state index in [9.17, 15) is 9.59 Å². The number of aryl methyl sites for hydroxylation is 1. The van der Waals surface area contributed by atoms with Crippen LogP contribution < -0.4 is 10.2 Å². The van der Waals surface area contributed by atoms with Crippen LogP contribution in [-0.4, -0.2) is 18.4 Å². The van der Waals surface area contributed by atoms with Crippen LogP contribution in [0.15, 0.2) is 36.4 Å². The molecule has 2 aromatic carbocycles. The molecule has 0 bridgehead atoms. The second-order valence-corrected chi connectivity index (χ2v) is 6.93. The third-order valence-electron chi connectivity index (χ3n) is 4.89. The van der Waals surface area contributed by atoms with Gasteiger partial charge in [-0.1, -0.05) is 29.8 Å². The van der Waals surface area contributed by atoms with E-state index in [4.69, 9.17) is 11.6 Å². The number of amides is 2. The van der Waals surface area contributed by atoms with Gasteiger partial charge in [-0.3, -0.25) is 9.59 Å². The number of anilines is 2. The summed E-state index contributed by atoms with van der Waals surface area (Å²) in [5.41, 5.74) is 4.60. The minimum Gasteiger partial charge on any atom is -0.326 e. The molecule has 0 aliphatic carbocycles. The first-order valence-corrected chi connectivity index (χ1v) is 8.69. The van der Waals surface area contributed by atoms with E-state index in [0.29, 0.717) is 11.6 Å². The molecule has 2 aromatic rings. The highest BCUT2D eigenvalue weighted by atomic mass is 35.5. The fourth-order valence-corrected chi connectivity index (χ4v) is 3.30. The molecule has 0 spiro atoms. The fraction of sp³-hybridized carbons (Fsp3) is 0.300. The quantitative estimate of drug-likeness (QED) is 0.893. The fourth-order valence-electron chi connectivity index (χ4n) is 3.13. The summed E-state index contributed by atoms with van der Waals surface area (Å²) in [7, 11) is 0. The zero-order valence-electron chi connectivity index (χ0n) is 14.6. The molecule has 3 rings (SSSR count). The van der Waals surface area contributed by atoms with Crippen LogP contribution in [-0.2, 0) is 9.59 Å². The topological polar surface area (TPSA) is 49.4 Å². The standard InChI is InChI=1S/C20H21ClN2O2/c1-12-6-4-8-17(13(12)2)22-20(25)15-10-19(24)23(11-15)18-9-5-7-16(21)14(18)3/h4-9,15H,10-11H2,1-3H3,(H,22,25)/t15-/m1/s1. The first-order chi connectivity index (χ1) is 11.9. The van der Waals surface area contributed by atoms with Crippen molar-refractivity contribution < 1.29 is 9.59 Å². The number of nitrogens with one attached hydrogen (secondary N) is 1. The average molecular weight is 357 g/mol. The van der Waals surface area contributed by atoms with Crippen molar-refractivity contribution in [2.24, 2.45) is 5.92 Å². The largest absolute Gasteiger partial charge is 0.326 e. The van der Waals surface area contributed by atoms with E-state index in [0.717, 1.165) is 28.1 Å². The van der Waals surface area contributed by atoms with E-state index in [2.05, 4.69) is 5.32 Å². The summed E-state index contributed by atoms with van der Waals surface area (Å²) < 4.78 is 0. The lowest BCUT2D eigenvalue weighted by molar-refractivity contribution is -0.122. The molecule has 1 atom stereocenters. The van der Waals surface area contributed by atoms with Crippen LogP contribution in [0.25, 0.3) is 0 Å². The van der Waals surface area contributed by atoms with E-state index >= 15 is 0 Å². The van der Waals surface area contributed by atoms with Gasteiger partial charge < -0.3 is 10.2 Å². The highest BCUT2D eigenvalue weighted by molar-refractivity contribution is 6.31. The van der Waals surface area contributed by atoms with Gasteiger partial charge in [0.1, 0.15) is 0 Å². The van der Waals surface area contributed by atoms with E-state index in [1.807, 2.05) is 51.1 Å². The van der Waals surface area contributed by atoms with Crippen LogP contribution in [0.3, 0.4) is 0 Å². The molecule has 0 unspecified atom stereocenters. The van der Waals surface area contributed by atoms with Crippen LogP contribution in [0, 0.1) is 26.7 Å². The lowest BCUT2D eigenvalue weighted by Crippen LogP contribution is -2.28. The van der Waals surface area contributed by atoms with Crippen molar-refractivity contribution in [2.75, 3.05) is 16.8 Å². The molecule has 1 saturated heterocycles. The molecule has 5 heteroatoms. The van der Waals surface area contributed by atoms with Crippen molar-refractivity contribution in [1.82, 2.24) is 0 Å². The Morgan fingerprint density at radius 3 is 2.60 bits per heavy atom. The molecule has 0 saturated carbocycles. The SMILES string of the molecule is Cc1cccc(NC(=O)[C@@H]2CC(=O)N(c3cccc(Cl)c3C)C2)c1C. The third-order valence-corrected chi connectivity index (χ3v) is 5.30. The summed E-state index contributed by atoms with van der Waals surface area (Å²) in [6, 6.07) is 11.3. The molecule has 0 aromatic heterocycles. The molecule has 25 heavy (non-hydrogen) atoms. The van der Waals surface area contributed by atoms with Gasteiger partial charge in [0, 0.05) is 29.4 Å². The third kappa shape index (κ3) is 3.40. The number of carbonyl (C=O) groups excluding carboxylic acids is 2. The summed E-state index contributed by atoms with van der Waals surface area (Å²) >= 11 is 6.16. The number of halogens is 1. The molecule has 2 amide bonds. The highest BCUT2D eigenvalue weighted by Crippen LogP contribution is 2.32. The number of nitrogens with zero attached hydrogens (tertiary/aromatic N) is 1.